The summed E-state index contributed by atoms with van der Waals surface area (Å²) < 4.78 is 11.5. The molecule has 128 valence electrons. The molecule has 24 heavy (non-hydrogen) atoms. The molecule has 0 unspecified atom stereocenters. The van der Waals surface area contributed by atoms with Crippen molar-refractivity contribution in [2.24, 2.45) is 5.73 Å². The van der Waals surface area contributed by atoms with Crippen molar-refractivity contribution < 1.29 is 14.1 Å². The molecular formula is C17H20BrN3O3. The highest BCUT2D eigenvalue weighted by molar-refractivity contribution is 9.10. The Balaban J connectivity index is 1.66. The number of nitrogens with two attached hydrogens (primary N) is 1. The third kappa shape index (κ3) is 3.96. The summed E-state index contributed by atoms with van der Waals surface area (Å²) in [6.45, 7) is 3.51. The lowest BCUT2D eigenvalue weighted by atomic mass is 10.1. The predicted octanol–water partition coefficient (Wildman–Crippen LogP) is 2.89. The highest BCUT2D eigenvalue weighted by Gasteiger charge is 2.22. The summed E-state index contributed by atoms with van der Waals surface area (Å²) in [5.74, 6) is 1.40. The van der Waals surface area contributed by atoms with Gasteiger partial charge in [0.2, 0.25) is 0 Å². The molecule has 0 aliphatic carbocycles. The smallest absolute Gasteiger partial charge is 0.253 e. The lowest BCUT2D eigenvalue weighted by Crippen LogP contribution is -2.45. The number of ether oxygens (including phenoxy) is 1. The lowest BCUT2D eigenvalue weighted by Gasteiger charge is -2.30. The first kappa shape index (κ1) is 17.0. The Kier molecular flexibility index (Phi) is 5.20. The first-order chi connectivity index (χ1) is 11.5. The standard InChI is InChI=1S/C17H20BrN3O3/c1-11-7-14(20-24-11)10-23-16-5-4-12(8-15(16)18)17(22)21-6-2-3-13(19)9-21/h4-5,7-8,13H,2-3,6,9-10,19H2,1H3/t13-/m0/s1. The molecule has 0 bridgehead atoms. The fourth-order valence-electron chi connectivity index (χ4n) is 2.77. The van der Waals surface area contributed by atoms with Gasteiger partial charge in [0.1, 0.15) is 23.8 Å². The monoisotopic (exact) mass is 393 g/mol. The number of carbonyl (C=O) groups is 1. The van der Waals surface area contributed by atoms with Gasteiger partial charge in [-0.1, -0.05) is 5.16 Å². The van der Waals surface area contributed by atoms with Gasteiger partial charge in [-0.15, -0.1) is 0 Å². The van der Waals surface area contributed by atoms with Gasteiger partial charge in [0.05, 0.1) is 4.47 Å². The van der Waals surface area contributed by atoms with E-state index in [4.69, 9.17) is 15.0 Å². The second kappa shape index (κ2) is 7.36. The summed E-state index contributed by atoms with van der Waals surface area (Å²) in [4.78, 5) is 14.4. The normalized spacial score (nSPS) is 17.8. The van der Waals surface area contributed by atoms with Crippen LogP contribution in [-0.2, 0) is 6.61 Å². The van der Waals surface area contributed by atoms with Crippen molar-refractivity contribution >= 4 is 21.8 Å². The van der Waals surface area contributed by atoms with Gasteiger partial charge in [0, 0.05) is 30.8 Å². The number of piperidine rings is 1. The molecule has 1 atom stereocenters. The number of likely N-dealkylation sites (tertiary alicyclic amines) is 1. The van der Waals surface area contributed by atoms with Crippen LogP contribution >= 0.6 is 15.9 Å². The molecule has 1 aliphatic heterocycles. The third-order valence-corrected chi connectivity index (χ3v) is 4.60. The third-order valence-electron chi connectivity index (χ3n) is 3.98. The molecule has 0 spiro atoms. The summed E-state index contributed by atoms with van der Waals surface area (Å²) >= 11 is 3.47. The van der Waals surface area contributed by atoms with E-state index in [9.17, 15) is 4.79 Å². The van der Waals surface area contributed by atoms with Gasteiger partial charge in [-0.2, -0.15) is 0 Å². The van der Waals surface area contributed by atoms with Gasteiger partial charge in [-0.3, -0.25) is 4.79 Å². The van der Waals surface area contributed by atoms with Gasteiger partial charge in [-0.05, 0) is 53.9 Å². The molecule has 1 saturated heterocycles. The molecule has 2 heterocycles. The van der Waals surface area contributed by atoms with Crippen LogP contribution < -0.4 is 10.5 Å². The Morgan fingerprint density at radius 1 is 1.50 bits per heavy atom. The molecule has 1 aromatic heterocycles. The number of aromatic nitrogens is 1. The number of amides is 1. The fourth-order valence-corrected chi connectivity index (χ4v) is 3.26. The van der Waals surface area contributed by atoms with Crippen LogP contribution in [0.1, 0.15) is 34.7 Å². The Bertz CT molecular complexity index is 732. The maximum atomic E-state index is 12.6. The van der Waals surface area contributed by atoms with E-state index in [-0.39, 0.29) is 11.9 Å². The van der Waals surface area contributed by atoms with Gasteiger partial charge < -0.3 is 19.9 Å². The first-order valence-corrected chi connectivity index (χ1v) is 8.71. The zero-order valence-corrected chi connectivity index (χ0v) is 15.1. The van der Waals surface area contributed by atoms with Gasteiger partial charge in [-0.25, -0.2) is 0 Å². The predicted molar refractivity (Wildman–Crippen MR) is 92.8 cm³/mol. The SMILES string of the molecule is Cc1cc(COc2ccc(C(=O)N3CCC[C@H](N)C3)cc2Br)no1. The number of nitrogens with zero attached hydrogens (tertiary/aromatic N) is 2. The van der Waals surface area contributed by atoms with Crippen molar-refractivity contribution in [3.8, 4) is 5.75 Å². The number of carbonyl (C=O) groups excluding carboxylic acids is 1. The summed E-state index contributed by atoms with van der Waals surface area (Å²) in [7, 11) is 0. The minimum Gasteiger partial charge on any atom is -0.486 e. The average Bonchev–Trinajstić information content (AvgIpc) is 2.98. The maximum Gasteiger partial charge on any atom is 0.253 e. The second-order valence-electron chi connectivity index (χ2n) is 6.02. The van der Waals surface area contributed by atoms with E-state index in [2.05, 4.69) is 21.1 Å². The van der Waals surface area contributed by atoms with Crippen molar-refractivity contribution in [1.29, 1.82) is 0 Å². The molecule has 1 amide bonds. The molecular weight excluding hydrogens is 374 g/mol. The van der Waals surface area contributed by atoms with E-state index >= 15 is 0 Å². The maximum absolute atomic E-state index is 12.6. The number of rotatable bonds is 4. The van der Waals surface area contributed by atoms with E-state index in [0.717, 1.165) is 35.3 Å². The molecule has 2 aromatic rings. The first-order valence-electron chi connectivity index (χ1n) is 7.92. The van der Waals surface area contributed by atoms with Gasteiger partial charge >= 0.3 is 0 Å². The van der Waals surface area contributed by atoms with Crippen LogP contribution in [0.3, 0.4) is 0 Å². The zero-order chi connectivity index (χ0) is 17.1. The van der Waals surface area contributed by atoms with Crippen LogP contribution in [0.25, 0.3) is 0 Å². The quantitative estimate of drug-likeness (QED) is 0.863. The van der Waals surface area contributed by atoms with Crippen LogP contribution in [0, 0.1) is 6.92 Å². The van der Waals surface area contributed by atoms with E-state index < -0.39 is 0 Å². The Hall–Kier alpha value is -1.86. The molecule has 0 radical (unpaired) electrons. The van der Waals surface area contributed by atoms with Crippen LogP contribution in [0.4, 0.5) is 0 Å². The molecule has 7 heteroatoms. The lowest BCUT2D eigenvalue weighted by molar-refractivity contribution is 0.0708. The highest BCUT2D eigenvalue weighted by atomic mass is 79.9. The zero-order valence-electron chi connectivity index (χ0n) is 13.5. The minimum absolute atomic E-state index is 0.00419. The second-order valence-corrected chi connectivity index (χ2v) is 6.87. The van der Waals surface area contributed by atoms with Crippen LogP contribution in [0.5, 0.6) is 5.75 Å². The van der Waals surface area contributed by atoms with E-state index in [1.165, 1.54) is 0 Å². The Morgan fingerprint density at radius 2 is 2.33 bits per heavy atom. The van der Waals surface area contributed by atoms with Crippen molar-refractivity contribution in [3.63, 3.8) is 0 Å². The highest BCUT2D eigenvalue weighted by Crippen LogP contribution is 2.27. The largest absolute Gasteiger partial charge is 0.486 e. The summed E-state index contributed by atoms with van der Waals surface area (Å²) in [6, 6.07) is 7.24. The van der Waals surface area contributed by atoms with Gasteiger partial charge in [0.25, 0.3) is 5.91 Å². The molecule has 1 aromatic carbocycles. The minimum atomic E-state index is 0.00419. The van der Waals surface area contributed by atoms with Crippen LogP contribution in [-0.4, -0.2) is 35.1 Å². The van der Waals surface area contributed by atoms with E-state index in [0.29, 0.717) is 24.5 Å². The topological polar surface area (TPSA) is 81.6 Å². The number of aryl methyl sites for hydroxylation is 1. The Morgan fingerprint density at radius 3 is 3.00 bits per heavy atom. The molecule has 1 fully saturated rings. The number of benzene rings is 1. The van der Waals surface area contributed by atoms with Gasteiger partial charge in [0.15, 0.2) is 0 Å². The van der Waals surface area contributed by atoms with Crippen LogP contribution in [0.2, 0.25) is 0 Å². The van der Waals surface area contributed by atoms with Crippen molar-refractivity contribution in [2.75, 3.05) is 13.1 Å². The molecule has 1 aliphatic rings. The van der Waals surface area contributed by atoms with Crippen molar-refractivity contribution in [2.45, 2.75) is 32.4 Å². The summed E-state index contributed by atoms with van der Waals surface area (Å²) in [5.41, 5.74) is 7.30. The average molecular weight is 394 g/mol. The number of halogens is 1. The van der Waals surface area contributed by atoms with Crippen molar-refractivity contribution in [3.05, 3.63) is 45.8 Å². The number of hydrogen-bond donors (Lipinski definition) is 1. The molecule has 2 N–H and O–H groups in total. The van der Waals surface area contributed by atoms with E-state index in [1.807, 2.05) is 17.9 Å². The summed E-state index contributed by atoms with van der Waals surface area (Å²) in [6.07, 6.45) is 1.92. The summed E-state index contributed by atoms with van der Waals surface area (Å²) in [5, 5.41) is 3.89. The number of hydrogen-bond acceptors (Lipinski definition) is 5. The van der Waals surface area contributed by atoms with Crippen LogP contribution in [0.15, 0.2) is 33.3 Å². The molecule has 3 rings (SSSR count). The molecule has 0 saturated carbocycles. The van der Waals surface area contributed by atoms with E-state index in [1.54, 1.807) is 18.2 Å². The Labute approximate surface area is 149 Å². The molecule has 6 nitrogen and oxygen atoms in total. The fraction of sp³-hybridized carbons (Fsp3) is 0.412. The van der Waals surface area contributed by atoms with Crippen molar-refractivity contribution in [1.82, 2.24) is 10.1 Å².